The zero-order chi connectivity index (χ0) is 25.4. The van der Waals surface area contributed by atoms with Crippen molar-refractivity contribution < 1.29 is 22.7 Å². The van der Waals surface area contributed by atoms with Crippen molar-refractivity contribution in [1.29, 1.82) is 0 Å². The number of halogens is 1. The van der Waals surface area contributed by atoms with Gasteiger partial charge < -0.3 is 26.0 Å². The van der Waals surface area contributed by atoms with Crippen LogP contribution in [0.3, 0.4) is 0 Å². The van der Waals surface area contributed by atoms with E-state index in [9.17, 15) is 18.0 Å². The number of aliphatic imine (C=N–C) groups is 1. The minimum atomic E-state index is -3.96. The largest absolute Gasteiger partial charge is 0.454 e. The topological polar surface area (TPSA) is 148 Å². The first kappa shape index (κ1) is 25.5. The molecule has 1 heterocycles. The third-order valence-corrected chi connectivity index (χ3v) is 7.12. The molecule has 2 aromatic rings. The Balaban J connectivity index is 2.12. The van der Waals surface area contributed by atoms with Gasteiger partial charge in [-0.25, -0.2) is 8.42 Å². The Morgan fingerprint density at radius 2 is 1.79 bits per heavy atom. The summed E-state index contributed by atoms with van der Waals surface area (Å²) in [6, 6.07) is 5.78. The van der Waals surface area contributed by atoms with Crippen molar-refractivity contribution >= 4 is 44.9 Å². The highest BCUT2D eigenvalue weighted by atomic mass is 35.5. The first-order chi connectivity index (χ1) is 15.8. The molecule has 0 atom stereocenters. The SMILES string of the molecule is CC(=O)N(CCN(C)C)c1cc(Cl)c2c(c1)CS(=O)(=O)c1cc(C(=O)N=C(N)N)cc(C)c1O2. The third kappa shape index (κ3) is 5.32. The van der Waals surface area contributed by atoms with E-state index in [1.807, 2.05) is 19.0 Å². The number of rotatable bonds is 5. The molecule has 0 unspecified atom stereocenters. The molecule has 0 bridgehead atoms. The lowest BCUT2D eigenvalue weighted by atomic mass is 10.1. The molecule has 0 aromatic heterocycles. The predicted octanol–water partition coefficient (Wildman–Crippen LogP) is 2.06. The van der Waals surface area contributed by atoms with Gasteiger partial charge in [0, 0.05) is 36.8 Å². The van der Waals surface area contributed by atoms with Gasteiger partial charge in [0.05, 0.1) is 10.8 Å². The van der Waals surface area contributed by atoms with Gasteiger partial charge in [0.2, 0.25) is 5.91 Å². The second kappa shape index (κ2) is 9.61. The van der Waals surface area contributed by atoms with Crippen LogP contribution in [0.2, 0.25) is 5.02 Å². The molecule has 0 spiro atoms. The van der Waals surface area contributed by atoms with Crippen LogP contribution in [0.25, 0.3) is 0 Å². The number of nitrogens with zero attached hydrogens (tertiary/aromatic N) is 3. The van der Waals surface area contributed by atoms with E-state index in [4.69, 9.17) is 27.8 Å². The number of hydrogen-bond donors (Lipinski definition) is 2. The minimum Gasteiger partial charge on any atom is -0.454 e. The number of amides is 2. The molecule has 0 fully saturated rings. The smallest absolute Gasteiger partial charge is 0.280 e. The van der Waals surface area contributed by atoms with Gasteiger partial charge in [0.1, 0.15) is 16.4 Å². The first-order valence-electron chi connectivity index (χ1n) is 10.2. The van der Waals surface area contributed by atoms with Gasteiger partial charge in [-0.15, -0.1) is 0 Å². The van der Waals surface area contributed by atoms with Gasteiger partial charge in [0.25, 0.3) is 5.91 Å². The summed E-state index contributed by atoms with van der Waals surface area (Å²) in [5, 5.41) is 0.159. The number of carbonyl (C=O) groups is 2. The van der Waals surface area contributed by atoms with Crippen molar-refractivity contribution in [2.24, 2.45) is 16.5 Å². The van der Waals surface area contributed by atoms with Crippen LogP contribution in [0.4, 0.5) is 5.69 Å². The number of hydrogen-bond acceptors (Lipinski definition) is 6. The molecular formula is C22H26ClN5O5S. The van der Waals surface area contributed by atoms with Gasteiger partial charge >= 0.3 is 0 Å². The van der Waals surface area contributed by atoms with Crippen molar-refractivity contribution in [2.45, 2.75) is 24.5 Å². The van der Waals surface area contributed by atoms with Crippen LogP contribution in [0.15, 0.2) is 34.2 Å². The lowest BCUT2D eigenvalue weighted by Crippen LogP contribution is -2.35. The molecule has 34 heavy (non-hydrogen) atoms. The fourth-order valence-corrected chi connectivity index (χ4v) is 5.42. The third-order valence-electron chi connectivity index (χ3n) is 5.17. The number of guanidine groups is 1. The summed E-state index contributed by atoms with van der Waals surface area (Å²) in [6.45, 7) is 4.02. The Labute approximate surface area is 203 Å². The molecule has 2 amide bonds. The molecule has 2 aromatic carbocycles. The van der Waals surface area contributed by atoms with Crippen molar-refractivity contribution in [3.63, 3.8) is 0 Å². The van der Waals surface area contributed by atoms with Crippen LogP contribution in [-0.2, 0) is 20.4 Å². The second-order valence-electron chi connectivity index (χ2n) is 8.21. The van der Waals surface area contributed by atoms with Gasteiger partial charge in [0.15, 0.2) is 15.8 Å². The van der Waals surface area contributed by atoms with Crippen molar-refractivity contribution in [3.05, 3.63) is 46.0 Å². The molecule has 1 aliphatic rings. The number of carbonyl (C=O) groups excluding carboxylic acids is 2. The lowest BCUT2D eigenvalue weighted by molar-refractivity contribution is -0.116. The fraction of sp³-hybridized carbons (Fsp3) is 0.318. The Kier molecular flexibility index (Phi) is 7.20. The average Bonchev–Trinajstić information content (AvgIpc) is 2.81. The molecule has 10 nitrogen and oxygen atoms in total. The zero-order valence-electron chi connectivity index (χ0n) is 19.3. The monoisotopic (exact) mass is 507 g/mol. The van der Waals surface area contributed by atoms with E-state index in [2.05, 4.69) is 4.99 Å². The van der Waals surface area contributed by atoms with Crippen molar-refractivity contribution in [2.75, 3.05) is 32.1 Å². The molecule has 0 saturated heterocycles. The quantitative estimate of drug-likeness (QED) is 0.461. The highest BCUT2D eigenvalue weighted by Gasteiger charge is 2.31. The number of nitrogens with two attached hydrogens (primary N) is 2. The van der Waals surface area contributed by atoms with E-state index in [1.165, 1.54) is 24.0 Å². The van der Waals surface area contributed by atoms with E-state index in [1.54, 1.807) is 19.1 Å². The highest BCUT2D eigenvalue weighted by Crippen LogP contribution is 2.45. The summed E-state index contributed by atoms with van der Waals surface area (Å²) in [6.07, 6.45) is 0. The summed E-state index contributed by atoms with van der Waals surface area (Å²) in [5.41, 5.74) is 11.7. The highest BCUT2D eigenvalue weighted by molar-refractivity contribution is 7.90. The minimum absolute atomic E-state index is 0.000933. The normalized spacial score (nSPS) is 13.8. The summed E-state index contributed by atoms with van der Waals surface area (Å²) in [4.78, 5) is 31.3. The maximum atomic E-state index is 13.3. The maximum Gasteiger partial charge on any atom is 0.280 e. The van der Waals surface area contributed by atoms with Gasteiger partial charge in [-0.1, -0.05) is 11.6 Å². The molecule has 4 N–H and O–H groups in total. The van der Waals surface area contributed by atoms with E-state index < -0.39 is 27.5 Å². The van der Waals surface area contributed by atoms with Crippen LogP contribution >= 0.6 is 11.6 Å². The van der Waals surface area contributed by atoms with E-state index in [-0.39, 0.29) is 32.9 Å². The van der Waals surface area contributed by atoms with Crippen molar-refractivity contribution in [3.8, 4) is 11.5 Å². The number of aryl methyl sites for hydroxylation is 1. The van der Waals surface area contributed by atoms with E-state index in [0.717, 1.165) is 0 Å². The summed E-state index contributed by atoms with van der Waals surface area (Å²) < 4.78 is 32.7. The molecule has 0 saturated carbocycles. The average molecular weight is 508 g/mol. The summed E-state index contributed by atoms with van der Waals surface area (Å²) in [7, 11) is -0.196. The zero-order valence-corrected chi connectivity index (χ0v) is 20.8. The Bertz CT molecular complexity index is 1300. The standard InChI is InChI=1S/C22H26ClN5O5S/c1-12-7-14(21(30)26-22(24)25)9-18-19(12)33-20-15(11-34(18,31)32)8-16(10-17(20)23)28(13(2)29)6-5-27(3)4/h7-10H,5-6,11H2,1-4H3,(H4,24,25,26,30). The summed E-state index contributed by atoms with van der Waals surface area (Å²) in [5.74, 6) is -1.63. The molecule has 182 valence electrons. The molecule has 1 aliphatic heterocycles. The van der Waals surface area contributed by atoms with Gasteiger partial charge in [-0.2, -0.15) is 4.99 Å². The van der Waals surface area contributed by atoms with Crippen molar-refractivity contribution in [1.82, 2.24) is 4.90 Å². The number of fused-ring (bicyclic) bond motifs is 2. The predicted molar refractivity (Wildman–Crippen MR) is 130 cm³/mol. The van der Waals surface area contributed by atoms with Crippen LogP contribution < -0.4 is 21.1 Å². The number of sulfone groups is 1. The Morgan fingerprint density at radius 1 is 1.12 bits per heavy atom. The number of benzene rings is 2. The second-order valence-corrected chi connectivity index (χ2v) is 10.6. The molecule has 0 radical (unpaired) electrons. The Morgan fingerprint density at radius 3 is 2.38 bits per heavy atom. The van der Waals surface area contributed by atoms with Crippen LogP contribution in [0, 0.1) is 6.92 Å². The van der Waals surface area contributed by atoms with Crippen LogP contribution in [0.1, 0.15) is 28.4 Å². The number of ether oxygens (including phenoxy) is 1. The Hall–Kier alpha value is -3.15. The maximum absolute atomic E-state index is 13.3. The molecular weight excluding hydrogens is 482 g/mol. The number of anilines is 1. The molecule has 0 aliphatic carbocycles. The lowest BCUT2D eigenvalue weighted by Gasteiger charge is -2.24. The van der Waals surface area contributed by atoms with Crippen LogP contribution in [0.5, 0.6) is 11.5 Å². The van der Waals surface area contributed by atoms with E-state index >= 15 is 0 Å². The number of likely N-dealkylation sites (N-methyl/N-ethyl adjacent to an activating group) is 1. The summed E-state index contributed by atoms with van der Waals surface area (Å²) >= 11 is 6.51. The molecule has 3 rings (SSSR count). The van der Waals surface area contributed by atoms with Gasteiger partial charge in [-0.05, 0) is 50.8 Å². The van der Waals surface area contributed by atoms with Crippen LogP contribution in [-0.4, -0.2) is 58.3 Å². The fourth-order valence-electron chi connectivity index (χ4n) is 3.57. The molecule has 12 heteroatoms. The first-order valence-corrected chi connectivity index (χ1v) is 12.3. The van der Waals surface area contributed by atoms with E-state index in [0.29, 0.717) is 29.9 Å². The van der Waals surface area contributed by atoms with Gasteiger partial charge in [-0.3, -0.25) is 9.59 Å².